The molecule has 0 saturated carbocycles. The minimum Gasteiger partial charge on any atom is -0.286 e. The molecule has 0 fully saturated rings. The molecule has 0 aliphatic rings. The van der Waals surface area contributed by atoms with Crippen molar-refractivity contribution >= 4 is 17.1 Å². The summed E-state index contributed by atoms with van der Waals surface area (Å²) in [6, 6.07) is 3.60. The summed E-state index contributed by atoms with van der Waals surface area (Å²) in [6.45, 7) is 0. The minimum atomic E-state index is -0.0845. The van der Waals surface area contributed by atoms with Crippen LogP contribution >= 0.6 is 11.3 Å². The molecule has 1 N–H and O–H groups in total. The predicted molar refractivity (Wildman–Crippen MR) is 44.1 cm³/mol. The maximum Gasteiger partial charge on any atom is 0.224 e. The van der Waals surface area contributed by atoms with Gasteiger partial charge in [-0.2, -0.15) is 0 Å². The minimum absolute atomic E-state index is 0.0845. The van der Waals surface area contributed by atoms with E-state index in [1.807, 2.05) is 11.4 Å². The molecule has 60 valence electrons. The van der Waals surface area contributed by atoms with Crippen LogP contribution in [-0.2, 0) is 0 Å². The van der Waals surface area contributed by atoms with Gasteiger partial charge in [0.25, 0.3) is 0 Å². The summed E-state index contributed by atoms with van der Waals surface area (Å²) < 4.78 is 0. The lowest BCUT2D eigenvalue weighted by atomic mass is 10.2. The molecule has 4 nitrogen and oxygen atoms in total. The highest BCUT2D eigenvalue weighted by molar-refractivity contribution is 7.12. The van der Waals surface area contributed by atoms with Gasteiger partial charge >= 0.3 is 0 Å². The third-order valence-electron chi connectivity index (χ3n) is 1.39. The van der Waals surface area contributed by atoms with Gasteiger partial charge in [-0.05, 0) is 11.4 Å². The van der Waals surface area contributed by atoms with Crippen molar-refractivity contribution in [1.82, 2.24) is 15.4 Å². The predicted octanol–water partition coefficient (Wildman–Crippen LogP) is 1.10. The Hall–Kier alpha value is -1.49. The van der Waals surface area contributed by atoms with Gasteiger partial charge in [0.1, 0.15) is 0 Å². The maximum atomic E-state index is 11.5. The van der Waals surface area contributed by atoms with Crippen LogP contribution in [0.3, 0.4) is 0 Å². The van der Waals surface area contributed by atoms with Gasteiger partial charge in [0, 0.05) is 0 Å². The van der Waals surface area contributed by atoms with E-state index < -0.39 is 0 Å². The van der Waals surface area contributed by atoms with Gasteiger partial charge in [0.2, 0.25) is 5.78 Å². The average Bonchev–Trinajstić information content (AvgIpc) is 2.77. The number of carbonyl (C=O) groups is 1. The van der Waals surface area contributed by atoms with Crippen LogP contribution in [0, 0.1) is 0 Å². The van der Waals surface area contributed by atoms with E-state index in [1.54, 1.807) is 6.07 Å². The Morgan fingerprint density at radius 2 is 2.50 bits per heavy atom. The van der Waals surface area contributed by atoms with Crippen LogP contribution in [-0.4, -0.2) is 21.2 Å². The van der Waals surface area contributed by atoms with Crippen molar-refractivity contribution in [3.8, 4) is 0 Å². The second-order valence-corrected chi connectivity index (χ2v) is 3.11. The normalized spacial score (nSPS) is 10.0. The number of rotatable bonds is 2. The van der Waals surface area contributed by atoms with E-state index in [0.29, 0.717) is 10.6 Å². The number of hydrogen-bond acceptors (Lipinski definition) is 4. The third-order valence-corrected chi connectivity index (χ3v) is 2.26. The number of nitrogens with zero attached hydrogens (tertiary/aromatic N) is 2. The summed E-state index contributed by atoms with van der Waals surface area (Å²) in [5, 5.41) is 11.4. The SMILES string of the molecule is O=C(c1c[nH]nn1)c1cccs1. The number of nitrogens with one attached hydrogen (secondary N) is 1. The number of thiophene rings is 1. The van der Waals surface area contributed by atoms with E-state index in [2.05, 4.69) is 15.4 Å². The highest BCUT2D eigenvalue weighted by atomic mass is 32.1. The summed E-state index contributed by atoms with van der Waals surface area (Å²) in [5.74, 6) is -0.0845. The van der Waals surface area contributed by atoms with Gasteiger partial charge < -0.3 is 0 Å². The van der Waals surface area contributed by atoms with Crippen molar-refractivity contribution in [2.75, 3.05) is 0 Å². The van der Waals surface area contributed by atoms with Crippen molar-refractivity contribution in [2.24, 2.45) is 0 Å². The molecule has 0 aromatic carbocycles. The van der Waals surface area contributed by atoms with E-state index in [-0.39, 0.29) is 5.78 Å². The number of hydrogen-bond donors (Lipinski definition) is 1. The van der Waals surface area contributed by atoms with Gasteiger partial charge in [-0.3, -0.25) is 9.89 Å². The summed E-state index contributed by atoms with van der Waals surface area (Å²) in [6.07, 6.45) is 1.49. The zero-order valence-electron chi connectivity index (χ0n) is 6.02. The Morgan fingerprint density at radius 1 is 1.58 bits per heavy atom. The lowest BCUT2D eigenvalue weighted by Gasteiger charge is -1.87. The Bertz CT molecular complexity index is 329. The molecule has 0 saturated heterocycles. The van der Waals surface area contributed by atoms with Crippen LogP contribution in [0.4, 0.5) is 0 Å². The van der Waals surface area contributed by atoms with Crippen LogP contribution in [0.15, 0.2) is 23.7 Å². The molecule has 2 aromatic heterocycles. The van der Waals surface area contributed by atoms with E-state index in [0.717, 1.165) is 0 Å². The average molecular weight is 179 g/mol. The molecule has 0 atom stereocenters. The Balaban J connectivity index is 2.34. The van der Waals surface area contributed by atoms with Gasteiger partial charge in [-0.1, -0.05) is 11.3 Å². The molecule has 0 aliphatic carbocycles. The van der Waals surface area contributed by atoms with Gasteiger partial charge in [-0.25, -0.2) is 0 Å². The van der Waals surface area contributed by atoms with E-state index in [4.69, 9.17) is 0 Å². The van der Waals surface area contributed by atoms with E-state index >= 15 is 0 Å². The number of aromatic nitrogens is 3. The molecule has 0 bridgehead atoms. The van der Waals surface area contributed by atoms with Crippen molar-refractivity contribution in [3.05, 3.63) is 34.3 Å². The van der Waals surface area contributed by atoms with Crippen molar-refractivity contribution in [3.63, 3.8) is 0 Å². The first-order valence-electron chi connectivity index (χ1n) is 3.32. The first-order valence-corrected chi connectivity index (χ1v) is 4.20. The first kappa shape index (κ1) is 7.17. The van der Waals surface area contributed by atoms with Gasteiger partial charge in [0.05, 0.1) is 11.1 Å². The topological polar surface area (TPSA) is 58.6 Å². The molecule has 2 aromatic rings. The number of carbonyl (C=O) groups excluding carboxylic acids is 1. The fraction of sp³-hybridized carbons (Fsp3) is 0. The quantitative estimate of drug-likeness (QED) is 0.702. The molecule has 0 radical (unpaired) electrons. The summed E-state index contributed by atoms with van der Waals surface area (Å²) in [5.41, 5.74) is 0.359. The highest BCUT2D eigenvalue weighted by Gasteiger charge is 2.11. The number of H-pyrrole nitrogens is 1. The fourth-order valence-electron chi connectivity index (χ4n) is 0.847. The highest BCUT2D eigenvalue weighted by Crippen LogP contribution is 2.12. The largest absolute Gasteiger partial charge is 0.286 e. The first-order chi connectivity index (χ1) is 5.88. The molecule has 0 unspecified atom stereocenters. The molecule has 5 heteroatoms. The van der Waals surface area contributed by atoms with Crippen LogP contribution in [0.2, 0.25) is 0 Å². The monoisotopic (exact) mass is 179 g/mol. The van der Waals surface area contributed by atoms with E-state index in [1.165, 1.54) is 17.5 Å². The molecule has 2 rings (SSSR count). The van der Waals surface area contributed by atoms with Crippen molar-refractivity contribution < 1.29 is 4.79 Å². The lowest BCUT2D eigenvalue weighted by Crippen LogP contribution is -1.98. The number of aromatic amines is 1. The summed E-state index contributed by atoms with van der Waals surface area (Å²) in [4.78, 5) is 12.1. The molecular weight excluding hydrogens is 174 g/mol. The molecule has 2 heterocycles. The molecular formula is C7H5N3OS. The second kappa shape index (κ2) is 2.86. The zero-order chi connectivity index (χ0) is 8.39. The Labute approximate surface area is 72.2 Å². The number of ketones is 1. The standard InChI is InChI=1S/C7H5N3OS/c11-7(5-4-8-10-9-5)6-2-1-3-12-6/h1-4H,(H,8,9,10). The van der Waals surface area contributed by atoms with E-state index in [9.17, 15) is 4.79 Å². The van der Waals surface area contributed by atoms with Crippen LogP contribution < -0.4 is 0 Å². The van der Waals surface area contributed by atoms with Crippen molar-refractivity contribution in [1.29, 1.82) is 0 Å². The van der Waals surface area contributed by atoms with Crippen molar-refractivity contribution in [2.45, 2.75) is 0 Å². The van der Waals surface area contributed by atoms with Crippen LogP contribution in [0.1, 0.15) is 15.4 Å². The lowest BCUT2D eigenvalue weighted by molar-refractivity contribution is 0.103. The Kier molecular flexibility index (Phi) is 1.71. The molecule has 0 aliphatic heterocycles. The maximum absolute atomic E-state index is 11.5. The van der Waals surface area contributed by atoms with Gasteiger partial charge in [-0.15, -0.1) is 16.4 Å². The zero-order valence-corrected chi connectivity index (χ0v) is 6.84. The van der Waals surface area contributed by atoms with Crippen LogP contribution in [0.25, 0.3) is 0 Å². The summed E-state index contributed by atoms with van der Waals surface area (Å²) >= 11 is 1.40. The van der Waals surface area contributed by atoms with Gasteiger partial charge in [0.15, 0.2) is 5.69 Å². The smallest absolute Gasteiger partial charge is 0.224 e. The summed E-state index contributed by atoms with van der Waals surface area (Å²) in [7, 11) is 0. The molecule has 12 heavy (non-hydrogen) atoms. The molecule has 0 spiro atoms. The third kappa shape index (κ3) is 1.14. The molecule has 0 amide bonds. The van der Waals surface area contributed by atoms with Crippen LogP contribution in [0.5, 0.6) is 0 Å². The fourth-order valence-corrected chi connectivity index (χ4v) is 1.52. The second-order valence-electron chi connectivity index (χ2n) is 2.17. The Morgan fingerprint density at radius 3 is 3.08 bits per heavy atom.